The van der Waals surface area contributed by atoms with E-state index >= 15 is 0 Å². The fourth-order valence-corrected chi connectivity index (χ4v) is 3.24. The number of nitrogens with zero attached hydrogens (tertiary/aromatic N) is 4. The largest absolute Gasteiger partial charge is 0.347 e. The van der Waals surface area contributed by atoms with Crippen LogP contribution in [0.3, 0.4) is 0 Å². The van der Waals surface area contributed by atoms with E-state index in [-0.39, 0.29) is 5.56 Å². The number of hydrogen-bond donors (Lipinski definition) is 0. The second kappa shape index (κ2) is 4.68. The average molecular weight is 264 g/mol. The maximum Gasteiger partial charge on any atom is 0.275 e. The number of hydrogen-bond acceptors (Lipinski definition) is 5. The fourth-order valence-electron chi connectivity index (χ4n) is 2.32. The van der Waals surface area contributed by atoms with E-state index < -0.39 is 0 Å². The Hall–Kier alpha value is -1.43. The van der Waals surface area contributed by atoms with Crippen molar-refractivity contribution in [1.29, 1.82) is 0 Å². The smallest absolute Gasteiger partial charge is 0.275 e. The van der Waals surface area contributed by atoms with Crippen LogP contribution < -0.4 is 10.5 Å². The molecule has 0 saturated carbocycles. The van der Waals surface area contributed by atoms with Crippen molar-refractivity contribution in [1.82, 2.24) is 14.6 Å². The molecular formula is C12H16N4OS. The van der Waals surface area contributed by atoms with E-state index in [1.165, 1.54) is 41.2 Å². The highest BCUT2D eigenvalue weighted by atomic mass is 32.1. The third-order valence-corrected chi connectivity index (χ3v) is 4.43. The van der Waals surface area contributed by atoms with Gasteiger partial charge < -0.3 is 4.90 Å². The third-order valence-electron chi connectivity index (χ3n) is 3.45. The van der Waals surface area contributed by atoms with Crippen LogP contribution in [-0.4, -0.2) is 27.7 Å². The van der Waals surface area contributed by atoms with Gasteiger partial charge in [0.2, 0.25) is 10.1 Å². The van der Waals surface area contributed by atoms with Crippen LogP contribution in [0, 0.1) is 5.92 Å². The first kappa shape index (κ1) is 11.6. The number of rotatable bonds is 1. The van der Waals surface area contributed by atoms with Gasteiger partial charge in [-0.2, -0.15) is 4.52 Å². The molecule has 1 aliphatic heterocycles. The Bertz CT molecular complexity index is 605. The van der Waals surface area contributed by atoms with Gasteiger partial charge in [-0.05, 0) is 25.2 Å². The van der Waals surface area contributed by atoms with Crippen LogP contribution in [0.4, 0.5) is 5.13 Å². The summed E-state index contributed by atoms with van der Waals surface area (Å²) in [4.78, 5) is 18.8. The van der Waals surface area contributed by atoms with Gasteiger partial charge in [0.05, 0.1) is 0 Å². The number of fused-ring (bicyclic) bond motifs is 1. The molecular weight excluding hydrogens is 248 g/mol. The van der Waals surface area contributed by atoms with E-state index in [2.05, 4.69) is 21.9 Å². The summed E-state index contributed by atoms with van der Waals surface area (Å²) in [5, 5.41) is 5.31. The highest BCUT2D eigenvalue weighted by Crippen LogP contribution is 2.25. The summed E-state index contributed by atoms with van der Waals surface area (Å²) in [6.07, 6.45) is 5.21. The maximum absolute atomic E-state index is 11.6. The van der Waals surface area contributed by atoms with Crippen LogP contribution >= 0.6 is 11.3 Å². The zero-order valence-corrected chi connectivity index (χ0v) is 11.2. The van der Waals surface area contributed by atoms with Crippen LogP contribution in [0.2, 0.25) is 0 Å². The molecule has 3 heterocycles. The topological polar surface area (TPSA) is 50.5 Å². The van der Waals surface area contributed by atoms with Crippen molar-refractivity contribution >= 4 is 21.4 Å². The molecule has 1 saturated heterocycles. The Kier molecular flexibility index (Phi) is 3.03. The molecule has 1 fully saturated rings. The van der Waals surface area contributed by atoms with Gasteiger partial charge >= 0.3 is 0 Å². The molecule has 1 atom stereocenters. The van der Waals surface area contributed by atoms with E-state index in [1.807, 2.05) is 0 Å². The zero-order valence-electron chi connectivity index (χ0n) is 10.4. The monoisotopic (exact) mass is 264 g/mol. The number of aromatic nitrogens is 3. The molecule has 6 heteroatoms. The van der Waals surface area contributed by atoms with Crippen molar-refractivity contribution in [3.05, 3.63) is 22.6 Å². The summed E-state index contributed by atoms with van der Waals surface area (Å²) >= 11 is 1.50. The van der Waals surface area contributed by atoms with Crippen molar-refractivity contribution in [3.63, 3.8) is 0 Å². The van der Waals surface area contributed by atoms with Crippen molar-refractivity contribution < 1.29 is 0 Å². The van der Waals surface area contributed by atoms with Gasteiger partial charge in [0.1, 0.15) is 0 Å². The van der Waals surface area contributed by atoms with Gasteiger partial charge in [-0.25, -0.2) is 4.98 Å². The Balaban J connectivity index is 1.94. The molecule has 2 aromatic rings. The molecule has 18 heavy (non-hydrogen) atoms. The van der Waals surface area contributed by atoms with Crippen LogP contribution in [0.25, 0.3) is 4.96 Å². The van der Waals surface area contributed by atoms with Gasteiger partial charge in [0.25, 0.3) is 5.56 Å². The highest BCUT2D eigenvalue weighted by Gasteiger charge is 2.17. The molecule has 0 aromatic carbocycles. The lowest BCUT2D eigenvalue weighted by Gasteiger charge is -2.18. The van der Waals surface area contributed by atoms with Crippen LogP contribution in [0.1, 0.15) is 26.2 Å². The van der Waals surface area contributed by atoms with Crippen molar-refractivity contribution in [2.75, 3.05) is 18.0 Å². The SMILES string of the molecule is CC1CCCN(c2nn3c(=O)ccnc3s2)CC1. The van der Waals surface area contributed by atoms with Gasteiger partial charge in [-0.3, -0.25) is 4.79 Å². The summed E-state index contributed by atoms with van der Waals surface area (Å²) in [7, 11) is 0. The minimum absolute atomic E-state index is 0.106. The lowest BCUT2D eigenvalue weighted by molar-refractivity contribution is 0.521. The van der Waals surface area contributed by atoms with Gasteiger partial charge in [-0.1, -0.05) is 18.3 Å². The molecule has 1 unspecified atom stereocenters. The molecule has 5 nitrogen and oxygen atoms in total. The van der Waals surface area contributed by atoms with Crippen molar-refractivity contribution in [3.8, 4) is 0 Å². The quantitative estimate of drug-likeness (QED) is 0.788. The third kappa shape index (κ3) is 2.12. The van der Waals surface area contributed by atoms with Crippen molar-refractivity contribution in [2.45, 2.75) is 26.2 Å². The Morgan fingerprint density at radius 3 is 3.11 bits per heavy atom. The van der Waals surface area contributed by atoms with Gasteiger partial charge in [0, 0.05) is 25.4 Å². The molecule has 96 valence electrons. The van der Waals surface area contributed by atoms with Crippen LogP contribution in [-0.2, 0) is 0 Å². The second-order valence-corrected chi connectivity index (χ2v) is 5.82. The summed E-state index contributed by atoms with van der Waals surface area (Å²) in [6, 6.07) is 1.45. The first-order valence-electron chi connectivity index (χ1n) is 6.34. The molecule has 0 amide bonds. The average Bonchev–Trinajstić information content (AvgIpc) is 2.67. The summed E-state index contributed by atoms with van der Waals surface area (Å²) in [5.41, 5.74) is -0.106. The summed E-state index contributed by atoms with van der Waals surface area (Å²) < 4.78 is 1.40. The Labute approximate surface area is 109 Å². The number of anilines is 1. The fraction of sp³-hybridized carbons (Fsp3) is 0.583. The molecule has 0 bridgehead atoms. The zero-order chi connectivity index (χ0) is 12.5. The van der Waals surface area contributed by atoms with Crippen molar-refractivity contribution in [2.24, 2.45) is 5.92 Å². The maximum atomic E-state index is 11.6. The van der Waals surface area contributed by atoms with E-state index in [1.54, 1.807) is 6.20 Å². The molecule has 0 radical (unpaired) electrons. The molecule has 1 aliphatic rings. The predicted molar refractivity (Wildman–Crippen MR) is 72.4 cm³/mol. The predicted octanol–water partition coefficient (Wildman–Crippen LogP) is 1.78. The second-order valence-electron chi connectivity index (χ2n) is 4.89. The van der Waals surface area contributed by atoms with E-state index in [0.29, 0.717) is 4.96 Å². The minimum atomic E-state index is -0.106. The van der Waals surface area contributed by atoms with Gasteiger partial charge in [-0.15, -0.1) is 5.10 Å². The molecule has 0 spiro atoms. The van der Waals surface area contributed by atoms with E-state index in [9.17, 15) is 4.79 Å². The highest BCUT2D eigenvalue weighted by molar-refractivity contribution is 7.20. The lowest BCUT2D eigenvalue weighted by atomic mass is 10.0. The molecule has 3 rings (SSSR count). The first-order valence-corrected chi connectivity index (χ1v) is 7.15. The van der Waals surface area contributed by atoms with E-state index in [0.717, 1.165) is 24.1 Å². The normalized spacial score (nSPS) is 21.2. The molecule has 0 aliphatic carbocycles. The standard InChI is InChI=1S/C12H16N4OS/c1-9-3-2-7-15(8-5-9)12-14-16-10(17)4-6-13-11(16)18-12/h4,6,9H,2-3,5,7-8H2,1H3. The first-order chi connectivity index (χ1) is 8.74. The van der Waals surface area contributed by atoms with Gasteiger partial charge in [0.15, 0.2) is 0 Å². The van der Waals surface area contributed by atoms with Crippen LogP contribution in [0.5, 0.6) is 0 Å². The summed E-state index contributed by atoms with van der Waals surface area (Å²) in [5.74, 6) is 0.783. The minimum Gasteiger partial charge on any atom is -0.347 e. The summed E-state index contributed by atoms with van der Waals surface area (Å²) in [6.45, 7) is 4.35. The van der Waals surface area contributed by atoms with Crippen LogP contribution in [0.15, 0.2) is 17.1 Å². The molecule has 0 N–H and O–H groups in total. The Morgan fingerprint density at radius 2 is 2.28 bits per heavy atom. The molecule has 2 aromatic heterocycles. The Morgan fingerprint density at radius 1 is 1.39 bits per heavy atom. The lowest BCUT2D eigenvalue weighted by Crippen LogP contribution is -2.24. The van der Waals surface area contributed by atoms with E-state index in [4.69, 9.17) is 0 Å².